The molecule has 1 rings (SSSR count). The lowest BCUT2D eigenvalue weighted by Crippen LogP contribution is -2.64. The molecule has 0 aromatic carbocycles. The first-order chi connectivity index (χ1) is 29.5. The van der Waals surface area contributed by atoms with Crippen molar-refractivity contribution in [3.05, 3.63) is 24.3 Å². The van der Waals surface area contributed by atoms with E-state index < -0.39 is 63.1 Å². The molecule has 1 fully saturated rings. The molecule has 0 amide bonds. The average molecular weight is 891 g/mol. The molecule has 1 aliphatic rings. The van der Waals surface area contributed by atoms with Crippen LogP contribution >= 0.6 is 7.82 Å². The van der Waals surface area contributed by atoms with E-state index in [1.807, 2.05) is 0 Å². The second-order valence-corrected chi connectivity index (χ2v) is 18.7. The summed E-state index contributed by atoms with van der Waals surface area (Å²) in [6, 6.07) is 0. The summed E-state index contributed by atoms with van der Waals surface area (Å²) >= 11 is 0. The number of rotatable bonds is 42. The molecule has 0 radical (unpaired) electrons. The highest BCUT2D eigenvalue weighted by Crippen LogP contribution is 2.47. The van der Waals surface area contributed by atoms with Gasteiger partial charge in [-0.15, -0.1) is 0 Å². The molecule has 13 heteroatoms. The number of hydrogen-bond acceptors (Lipinski definition) is 11. The number of hydrogen-bond donors (Lipinski definition) is 6. The fourth-order valence-electron chi connectivity index (χ4n) is 7.58. The van der Waals surface area contributed by atoms with Crippen LogP contribution in [0.1, 0.15) is 213 Å². The Kier molecular flexibility index (Phi) is 37.2. The van der Waals surface area contributed by atoms with E-state index in [4.69, 9.17) is 18.5 Å². The normalized spacial score (nSPS) is 22.3. The van der Waals surface area contributed by atoms with E-state index in [0.717, 1.165) is 57.8 Å². The van der Waals surface area contributed by atoms with E-state index in [0.29, 0.717) is 13.0 Å². The third-order valence-corrected chi connectivity index (χ3v) is 12.5. The molecule has 1 saturated carbocycles. The smallest absolute Gasteiger partial charge is 0.457 e. The Balaban J connectivity index is 2.37. The van der Waals surface area contributed by atoms with Crippen molar-refractivity contribution in [3.63, 3.8) is 0 Å². The van der Waals surface area contributed by atoms with Gasteiger partial charge in [-0.3, -0.25) is 13.8 Å². The van der Waals surface area contributed by atoms with Crippen LogP contribution in [0.5, 0.6) is 0 Å². The maximum absolute atomic E-state index is 12.8. The average Bonchev–Trinajstić information content (AvgIpc) is 3.24. The minimum absolute atomic E-state index is 0.0794. The topological polar surface area (TPSA) is 192 Å². The Morgan fingerprint density at radius 1 is 0.508 bits per heavy atom. The van der Waals surface area contributed by atoms with Gasteiger partial charge < -0.3 is 39.9 Å². The quantitative estimate of drug-likeness (QED) is 0.0147. The second-order valence-electron chi connectivity index (χ2n) is 17.3. The minimum Gasteiger partial charge on any atom is -0.457 e. The van der Waals surface area contributed by atoms with Crippen molar-refractivity contribution < 1.29 is 58.3 Å². The van der Waals surface area contributed by atoms with Crippen LogP contribution in [0.4, 0.5) is 0 Å². The molecule has 0 aliphatic heterocycles. The summed E-state index contributed by atoms with van der Waals surface area (Å²) in [5, 5.41) is 50.2. The molecule has 12 nitrogen and oxygen atoms in total. The van der Waals surface area contributed by atoms with Gasteiger partial charge in [0, 0.05) is 13.0 Å². The van der Waals surface area contributed by atoms with Crippen molar-refractivity contribution in [2.24, 2.45) is 0 Å². The van der Waals surface area contributed by atoms with E-state index in [9.17, 15) is 39.8 Å². The molecule has 0 aromatic rings. The van der Waals surface area contributed by atoms with Gasteiger partial charge in [-0.25, -0.2) is 4.57 Å². The molecule has 6 N–H and O–H groups in total. The highest BCUT2D eigenvalue weighted by molar-refractivity contribution is 7.47. The zero-order valence-electron chi connectivity index (χ0n) is 38.5. The lowest BCUT2D eigenvalue weighted by atomic mass is 9.85. The minimum atomic E-state index is -5.02. The number of phosphoric acid groups is 1. The SMILES string of the molecule is CCCCCCCC/C=C\CCCCCCCCCCOCC(COP(=O)(O)OC1C(O)C(O)C(O)C(O)C1O)OC(=O)CCCCCCC/C=C\CCCCCCCCC. The monoisotopic (exact) mass is 891 g/mol. The van der Waals surface area contributed by atoms with E-state index in [1.54, 1.807) is 0 Å². The Morgan fingerprint density at radius 2 is 0.869 bits per heavy atom. The molecule has 1 aliphatic carbocycles. The third kappa shape index (κ3) is 31.4. The third-order valence-electron chi connectivity index (χ3n) is 11.5. The van der Waals surface area contributed by atoms with Gasteiger partial charge in [0.25, 0.3) is 0 Å². The first-order valence-electron chi connectivity index (χ1n) is 24.7. The number of unbranched alkanes of at least 4 members (excludes halogenated alkanes) is 26. The zero-order valence-corrected chi connectivity index (χ0v) is 39.4. The summed E-state index contributed by atoms with van der Waals surface area (Å²) in [6.45, 7) is 4.26. The molecule has 0 heterocycles. The highest BCUT2D eigenvalue weighted by Gasteiger charge is 2.51. The van der Waals surface area contributed by atoms with Gasteiger partial charge in [0.2, 0.25) is 0 Å². The molecule has 0 saturated heterocycles. The molecule has 6 unspecified atom stereocenters. The van der Waals surface area contributed by atoms with Crippen molar-refractivity contribution >= 4 is 13.8 Å². The van der Waals surface area contributed by atoms with Crippen LogP contribution in [0.15, 0.2) is 24.3 Å². The van der Waals surface area contributed by atoms with Crippen LogP contribution in [-0.2, 0) is 27.9 Å². The summed E-state index contributed by atoms with van der Waals surface area (Å²) in [6.07, 6.45) is 32.4. The van der Waals surface area contributed by atoms with Gasteiger partial charge >= 0.3 is 13.8 Å². The summed E-state index contributed by atoms with van der Waals surface area (Å²) in [5.74, 6) is -0.485. The number of ether oxygens (including phenoxy) is 2. The van der Waals surface area contributed by atoms with Crippen LogP contribution in [-0.4, -0.2) is 98.9 Å². The Morgan fingerprint density at radius 3 is 1.30 bits per heavy atom. The Bertz CT molecular complexity index is 1110. The number of aliphatic hydroxyl groups is 5. The molecule has 0 aromatic heterocycles. The fourth-order valence-corrected chi connectivity index (χ4v) is 8.55. The first-order valence-corrected chi connectivity index (χ1v) is 26.2. The van der Waals surface area contributed by atoms with E-state index >= 15 is 0 Å². The molecule has 61 heavy (non-hydrogen) atoms. The summed E-state index contributed by atoms with van der Waals surface area (Å²) in [7, 11) is -5.02. The maximum Gasteiger partial charge on any atom is 0.472 e. The van der Waals surface area contributed by atoms with Crippen LogP contribution in [0.2, 0.25) is 0 Å². The number of allylic oxidation sites excluding steroid dienone is 4. The molecular weight excluding hydrogens is 799 g/mol. The lowest BCUT2D eigenvalue weighted by Gasteiger charge is -2.41. The van der Waals surface area contributed by atoms with Crippen molar-refractivity contribution in [1.29, 1.82) is 0 Å². The number of carbonyl (C=O) groups is 1. The van der Waals surface area contributed by atoms with E-state index in [1.165, 1.54) is 128 Å². The molecule has 0 bridgehead atoms. The van der Waals surface area contributed by atoms with Gasteiger partial charge in [0.05, 0.1) is 13.2 Å². The van der Waals surface area contributed by atoms with Gasteiger partial charge in [0.1, 0.15) is 42.7 Å². The predicted octanol–water partition coefficient (Wildman–Crippen LogP) is 10.5. The second kappa shape index (κ2) is 39.2. The summed E-state index contributed by atoms with van der Waals surface area (Å²) in [5.41, 5.74) is 0. The van der Waals surface area contributed by atoms with Crippen LogP contribution in [0.3, 0.4) is 0 Å². The molecule has 360 valence electrons. The number of carbonyl (C=O) groups excluding carboxylic acids is 1. The van der Waals surface area contributed by atoms with E-state index in [-0.39, 0.29) is 13.0 Å². The standard InChI is InChI=1S/C48H91O12P/c1-3-5-7-9-11-13-15-17-19-21-22-24-26-28-30-32-34-36-38-57-39-41(40-58-61(55,56)60-48-46(53)44(51)43(50)45(52)47(48)54)59-42(49)37-35-33-31-29-27-25-23-20-18-16-14-12-10-8-6-4-2/h17,19-20,23,41,43-48,50-54H,3-16,18,21-22,24-40H2,1-2H3,(H,55,56)/b19-17-,23-20-. The van der Waals surface area contributed by atoms with Crippen molar-refractivity contribution in [1.82, 2.24) is 0 Å². The van der Waals surface area contributed by atoms with Crippen LogP contribution in [0, 0.1) is 0 Å². The maximum atomic E-state index is 12.8. The molecule has 6 atom stereocenters. The highest BCUT2D eigenvalue weighted by atomic mass is 31.2. The lowest BCUT2D eigenvalue weighted by molar-refractivity contribution is -0.220. The fraction of sp³-hybridized carbons (Fsp3) is 0.896. The largest absolute Gasteiger partial charge is 0.472 e. The van der Waals surface area contributed by atoms with Gasteiger partial charge in [-0.1, -0.05) is 167 Å². The number of phosphoric ester groups is 1. The molecule has 0 spiro atoms. The summed E-state index contributed by atoms with van der Waals surface area (Å²) in [4.78, 5) is 23.2. The van der Waals surface area contributed by atoms with Crippen molar-refractivity contribution in [3.8, 4) is 0 Å². The van der Waals surface area contributed by atoms with Gasteiger partial charge in [0.15, 0.2) is 0 Å². The Hall–Kier alpha value is -1.18. The van der Waals surface area contributed by atoms with Gasteiger partial charge in [-0.2, -0.15) is 0 Å². The van der Waals surface area contributed by atoms with Gasteiger partial charge in [-0.05, 0) is 64.2 Å². The zero-order chi connectivity index (χ0) is 44.8. The van der Waals surface area contributed by atoms with Crippen molar-refractivity contribution in [2.75, 3.05) is 19.8 Å². The number of aliphatic hydroxyl groups excluding tert-OH is 5. The van der Waals surface area contributed by atoms with E-state index in [2.05, 4.69) is 38.2 Å². The molecular formula is C48H91O12P. The van der Waals surface area contributed by atoms with Crippen molar-refractivity contribution in [2.45, 2.75) is 256 Å². The first kappa shape index (κ1) is 57.8. The van der Waals surface area contributed by atoms with Crippen LogP contribution < -0.4 is 0 Å². The predicted molar refractivity (Wildman–Crippen MR) is 244 cm³/mol. The Labute approximate surface area is 370 Å². The van der Waals surface area contributed by atoms with Crippen LogP contribution in [0.25, 0.3) is 0 Å². The summed E-state index contributed by atoms with van der Waals surface area (Å²) < 4.78 is 34.2. The number of esters is 1.